The first-order valence-corrected chi connectivity index (χ1v) is 8.96. The molecule has 7 heteroatoms. The van der Waals surface area contributed by atoms with Gasteiger partial charge in [-0.25, -0.2) is 4.79 Å². The quantitative estimate of drug-likeness (QED) is 0.813. The summed E-state index contributed by atoms with van der Waals surface area (Å²) in [6, 6.07) is -0.197. The maximum Gasteiger partial charge on any atom is 0.341 e. The first-order chi connectivity index (χ1) is 10.1. The number of carbonyl (C=O) groups is 2. The lowest BCUT2D eigenvalue weighted by Crippen LogP contribution is -2.37. The second-order valence-electron chi connectivity index (χ2n) is 4.68. The van der Waals surface area contributed by atoms with Crippen molar-refractivity contribution in [2.75, 3.05) is 23.6 Å². The Balaban J connectivity index is 2.25. The lowest BCUT2D eigenvalue weighted by molar-refractivity contribution is -0.117. The zero-order valence-electron chi connectivity index (χ0n) is 12.4. The van der Waals surface area contributed by atoms with Gasteiger partial charge in [0, 0.05) is 16.5 Å². The molecule has 1 saturated heterocycles. The number of aryl methyl sites for hydroxylation is 1. The molecule has 1 aliphatic rings. The zero-order chi connectivity index (χ0) is 15.4. The summed E-state index contributed by atoms with van der Waals surface area (Å²) in [5.74, 6) is 1.09. The SMILES string of the molecule is CCOC(=O)c1c(NC(=O)C2CSCN2)sc(C)c1CC. The largest absolute Gasteiger partial charge is 0.462 e. The third-order valence-electron chi connectivity index (χ3n) is 3.31. The number of esters is 1. The molecule has 1 aromatic rings. The maximum absolute atomic E-state index is 12.2. The van der Waals surface area contributed by atoms with Gasteiger partial charge in [-0.2, -0.15) is 0 Å². The molecule has 0 aromatic carbocycles. The Hall–Kier alpha value is -1.05. The molecule has 0 bridgehead atoms. The van der Waals surface area contributed by atoms with E-state index in [1.54, 1.807) is 18.7 Å². The van der Waals surface area contributed by atoms with Crippen molar-refractivity contribution in [3.63, 3.8) is 0 Å². The van der Waals surface area contributed by atoms with E-state index in [4.69, 9.17) is 4.74 Å². The van der Waals surface area contributed by atoms with E-state index in [0.717, 1.165) is 28.5 Å². The van der Waals surface area contributed by atoms with Gasteiger partial charge in [0.25, 0.3) is 0 Å². The highest BCUT2D eigenvalue weighted by atomic mass is 32.2. The summed E-state index contributed by atoms with van der Waals surface area (Å²) in [5.41, 5.74) is 1.48. The zero-order valence-corrected chi connectivity index (χ0v) is 14.1. The molecule has 0 saturated carbocycles. The monoisotopic (exact) mass is 328 g/mol. The van der Waals surface area contributed by atoms with Crippen molar-refractivity contribution in [1.29, 1.82) is 0 Å². The second kappa shape index (κ2) is 7.29. The number of nitrogens with one attached hydrogen (secondary N) is 2. The highest BCUT2D eigenvalue weighted by Gasteiger charge is 2.27. The minimum absolute atomic E-state index is 0.0885. The molecular formula is C14H20N2O3S2. The van der Waals surface area contributed by atoms with Gasteiger partial charge >= 0.3 is 5.97 Å². The number of amides is 1. The van der Waals surface area contributed by atoms with Crippen LogP contribution in [0.3, 0.4) is 0 Å². The predicted octanol–water partition coefficient (Wildman–Crippen LogP) is 2.40. The number of hydrogen-bond donors (Lipinski definition) is 2. The van der Waals surface area contributed by atoms with Gasteiger partial charge in [-0.15, -0.1) is 23.1 Å². The van der Waals surface area contributed by atoms with E-state index in [1.807, 2.05) is 13.8 Å². The number of ether oxygens (including phenoxy) is 1. The van der Waals surface area contributed by atoms with Gasteiger partial charge in [-0.1, -0.05) is 6.92 Å². The van der Waals surface area contributed by atoms with Crippen molar-refractivity contribution in [3.8, 4) is 0 Å². The Bertz CT molecular complexity index is 537. The van der Waals surface area contributed by atoms with Crippen LogP contribution < -0.4 is 10.6 Å². The first-order valence-electron chi connectivity index (χ1n) is 6.99. The standard InChI is InChI=1S/C14H20N2O3S2/c1-4-9-8(3)21-13(11(9)14(18)19-5-2)16-12(17)10-6-20-7-15-10/h10,15H,4-7H2,1-3H3,(H,16,17). The van der Waals surface area contributed by atoms with Crippen LogP contribution in [0.2, 0.25) is 0 Å². The molecule has 0 spiro atoms. The van der Waals surface area contributed by atoms with Crippen LogP contribution in [0.1, 0.15) is 34.6 Å². The first kappa shape index (κ1) is 16.3. The Morgan fingerprint density at radius 1 is 1.43 bits per heavy atom. The molecule has 0 radical (unpaired) electrons. The normalized spacial score (nSPS) is 17.8. The minimum atomic E-state index is -0.359. The smallest absolute Gasteiger partial charge is 0.341 e. The Morgan fingerprint density at radius 3 is 2.76 bits per heavy atom. The average molecular weight is 328 g/mol. The molecule has 2 N–H and O–H groups in total. The Kier molecular flexibility index (Phi) is 5.66. The molecule has 1 aliphatic heterocycles. The lowest BCUT2D eigenvalue weighted by atomic mass is 10.1. The molecule has 2 heterocycles. The van der Waals surface area contributed by atoms with Crippen LogP contribution in [0.15, 0.2) is 0 Å². The van der Waals surface area contributed by atoms with Crippen LogP contribution in [0.5, 0.6) is 0 Å². The molecule has 116 valence electrons. The van der Waals surface area contributed by atoms with Gasteiger partial charge in [-0.05, 0) is 25.8 Å². The van der Waals surface area contributed by atoms with Gasteiger partial charge in [0.2, 0.25) is 5.91 Å². The molecule has 1 aromatic heterocycles. The van der Waals surface area contributed by atoms with Crippen LogP contribution in [-0.2, 0) is 16.0 Å². The number of hydrogen-bond acceptors (Lipinski definition) is 6. The molecule has 1 amide bonds. The summed E-state index contributed by atoms with van der Waals surface area (Å²) in [7, 11) is 0. The van der Waals surface area contributed by atoms with Crippen LogP contribution in [0, 0.1) is 6.92 Å². The van der Waals surface area contributed by atoms with E-state index in [0.29, 0.717) is 17.2 Å². The third kappa shape index (κ3) is 3.59. The van der Waals surface area contributed by atoms with Gasteiger partial charge < -0.3 is 10.1 Å². The highest BCUT2D eigenvalue weighted by molar-refractivity contribution is 7.99. The lowest BCUT2D eigenvalue weighted by Gasteiger charge is -2.11. The van der Waals surface area contributed by atoms with E-state index in [-0.39, 0.29) is 17.9 Å². The van der Waals surface area contributed by atoms with Crippen LogP contribution >= 0.6 is 23.1 Å². The predicted molar refractivity (Wildman–Crippen MR) is 87.3 cm³/mol. The van der Waals surface area contributed by atoms with E-state index in [2.05, 4.69) is 10.6 Å². The van der Waals surface area contributed by atoms with Crippen LogP contribution in [0.4, 0.5) is 5.00 Å². The van der Waals surface area contributed by atoms with Crippen LogP contribution in [0.25, 0.3) is 0 Å². The molecule has 1 fully saturated rings. The summed E-state index contributed by atoms with van der Waals surface area (Å²) in [5, 5.41) is 6.62. The van der Waals surface area contributed by atoms with Crippen molar-refractivity contribution < 1.29 is 14.3 Å². The summed E-state index contributed by atoms with van der Waals surface area (Å²) < 4.78 is 5.13. The molecule has 5 nitrogen and oxygen atoms in total. The van der Waals surface area contributed by atoms with Gasteiger partial charge in [0.1, 0.15) is 5.00 Å². The number of thioether (sulfide) groups is 1. The fourth-order valence-corrected chi connectivity index (χ4v) is 4.35. The second-order valence-corrected chi connectivity index (χ2v) is 6.93. The number of anilines is 1. The summed E-state index contributed by atoms with van der Waals surface area (Å²) in [6.07, 6.45) is 0.740. The average Bonchev–Trinajstić information content (AvgIpc) is 3.06. The van der Waals surface area contributed by atoms with Gasteiger partial charge in [-0.3, -0.25) is 10.1 Å². The Morgan fingerprint density at radius 2 is 2.19 bits per heavy atom. The van der Waals surface area contributed by atoms with E-state index in [1.165, 1.54) is 11.3 Å². The minimum Gasteiger partial charge on any atom is -0.462 e. The molecule has 2 rings (SSSR count). The topological polar surface area (TPSA) is 67.4 Å². The molecule has 1 unspecified atom stereocenters. The molecular weight excluding hydrogens is 308 g/mol. The van der Waals surface area contributed by atoms with Crippen molar-refractivity contribution >= 4 is 40.0 Å². The van der Waals surface area contributed by atoms with Gasteiger partial charge in [0.05, 0.1) is 18.2 Å². The van der Waals surface area contributed by atoms with Crippen LogP contribution in [-0.4, -0.2) is 36.2 Å². The fraction of sp³-hybridized carbons (Fsp3) is 0.571. The highest BCUT2D eigenvalue weighted by Crippen LogP contribution is 2.34. The summed E-state index contributed by atoms with van der Waals surface area (Å²) in [4.78, 5) is 25.4. The van der Waals surface area contributed by atoms with E-state index < -0.39 is 0 Å². The van der Waals surface area contributed by atoms with Crippen molar-refractivity contribution in [1.82, 2.24) is 5.32 Å². The molecule has 1 atom stereocenters. The maximum atomic E-state index is 12.2. The summed E-state index contributed by atoms with van der Waals surface area (Å²) in [6.45, 7) is 6.07. The molecule has 21 heavy (non-hydrogen) atoms. The van der Waals surface area contributed by atoms with Crippen molar-refractivity contribution in [2.24, 2.45) is 0 Å². The number of thiophene rings is 1. The number of rotatable bonds is 5. The number of carbonyl (C=O) groups excluding carboxylic acids is 2. The van der Waals surface area contributed by atoms with Crippen molar-refractivity contribution in [2.45, 2.75) is 33.2 Å². The van der Waals surface area contributed by atoms with E-state index >= 15 is 0 Å². The van der Waals surface area contributed by atoms with Crippen molar-refractivity contribution in [3.05, 3.63) is 16.0 Å². The molecule has 0 aliphatic carbocycles. The third-order valence-corrected chi connectivity index (χ3v) is 5.31. The van der Waals surface area contributed by atoms with Gasteiger partial charge in [0.15, 0.2) is 0 Å². The Labute approximate surface area is 132 Å². The van der Waals surface area contributed by atoms with E-state index in [9.17, 15) is 9.59 Å². The fourth-order valence-electron chi connectivity index (χ4n) is 2.27. The summed E-state index contributed by atoms with van der Waals surface area (Å²) >= 11 is 3.13.